The van der Waals surface area contributed by atoms with Gasteiger partial charge in [-0.15, -0.1) is 0 Å². The molecule has 4 heteroatoms. The zero-order chi connectivity index (χ0) is 14.2. The summed E-state index contributed by atoms with van der Waals surface area (Å²) in [6, 6.07) is 0. The Morgan fingerprint density at radius 1 is 1.00 bits per heavy atom. The molecule has 0 aliphatic carbocycles. The van der Waals surface area contributed by atoms with E-state index in [0.29, 0.717) is 19.3 Å². The minimum absolute atomic E-state index is 0.0419. The van der Waals surface area contributed by atoms with E-state index in [9.17, 15) is 10.2 Å². The highest BCUT2D eigenvalue weighted by atomic mass is 16.6. The fraction of sp³-hybridized carbons (Fsp3) is 1.00. The Kier molecular flexibility index (Phi) is 8.03. The van der Waals surface area contributed by atoms with Gasteiger partial charge in [0.15, 0.2) is 6.29 Å². The van der Waals surface area contributed by atoms with Crippen LogP contribution in [0, 0.1) is 0 Å². The van der Waals surface area contributed by atoms with Gasteiger partial charge in [-0.1, -0.05) is 27.7 Å². The van der Waals surface area contributed by atoms with Crippen molar-refractivity contribution in [1.82, 2.24) is 0 Å². The highest BCUT2D eigenvalue weighted by Crippen LogP contribution is 2.29. The van der Waals surface area contributed by atoms with Crippen molar-refractivity contribution >= 4 is 0 Å². The van der Waals surface area contributed by atoms with E-state index in [1.165, 1.54) is 0 Å². The molecule has 0 saturated carbocycles. The Morgan fingerprint density at radius 3 is 1.83 bits per heavy atom. The molecule has 0 spiro atoms. The van der Waals surface area contributed by atoms with Gasteiger partial charge in [0.1, 0.15) is 0 Å². The molecule has 0 amide bonds. The summed E-state index contributed by atoms with van der Waals surface area (Å²) in [6.45, 7) is 7.81. The second-order valence-electron chi connectivity index (χ2n) is 5.07. The van der Waals surface area contributed by atoms with Gasteiger partial charge in [0.2, 0.25) is 0 Å². The largest absolute Gasteiger partial charge is 0.396 e. The molecule has 0 aromatic rings. The molecule has 0 saturated heterocycles. The summed E-state index contributed by atoms with van der Waals surface area (Å²) in [5.74, 6) is 0. The lowest BCUT2D eigenvalue weighted by molar-refractivity contribution is -0.214. The molecule has 0 heterocycles. The maximum absolute atomic E-state index is 10.2. The molecule has 0 aliphatic rings. The molecule has 0 aliphatic heterocycles. The number of rotatable bonds is 10. The van der Waals surface area contributed by atoms with Crippen LogP contribution in [0.1, 0.15) is 66.2 Å². The van der Waals surface area contributed by atoms with Gasteiger partial charge in [0.25, 0.3) is 0 Å². The molecule has 0 radical (unpaired) electrons. The van der Waals surface area contributed by atoms with Crippen LogP contribution in [-0.2, 0) is 4.74 Å². The molecular formula is C14H30O4. The van der Waals surface area contributed by atoms with E-state index in [4.69, 9.17) is 9.84 Å². The molecule has 0 fully saturated rings. The predicted molar refractivity (Wildman–Crippen MR) is 72.3 cm³/mol. The Bertz CT molecular complexity index is 210. The standard InChI is InChI=1S/C14H30O4/c1-5-13(17,6-2)11-12(16)18-14(7-3,8-4)9-10-15/h12,15-17H,5-11H2,1-4H3. The van der Waals surface area contributed by atoms with Crippen LogP contribution in [-0.4, -0.2) is 39.4 Å². The molecular weight excluding hydrogens is 232 g/mol. The van der Waals surface area contributed by atoms with Crippen molar-refractivity contribution < 1.29 is 20.1 Å². The lowest BCUT2D eigenvalue weighted by atomic mass is 9.91. The van der Waals surface area contributed by atoms with Crippen LogP contribution in [0.4, 0.5) is 0 Å². The molecule has 0 aromatic heterocycles. The van der Waals surface area contributed by atoms with Crippen LogP contribution < -0.4 is 0 Å². The first-order chi connectivity index (χ1) is 8.40. The second-order valence-corrected chi connectivity index (χ2v) is 5.07. The Balaban J connectivity index is 4.55. The van der Waals surface area contributed by atoms with E-state index in [-0.39, 0.29) is 13.0 Å². The van der Waals surface area contributed by atoms with Crippen molar-refractivity contribution in [2.24, 2.45) is 0 Å². The Hall–Kier alpha value is -0.160. The van der Waals surface area contributed by atoms with Crippen molar-refractivity contribution in [3.8, 4) is 0 Å². The lowest BCUT2D eigenvalue weighted by Gasteiger charge is -2.36. The minimum atomic E-state index is -0.985. The average Bonchev–Trinajstić information content (AvgIpc) is 2.37. The summed E-state index contributed by atoms with van der Waals surface area (Å²) in [5.41, 5.74) is -1.36. The van der Waals surface area contributed by atoms with Gasteiger partial charge < -0.3 is 20.1 Å². The molecule has 110 valence electrons. The van der Waals surface area contributed by atoms with Crippen LogP contribution in [0.5, 0.6) is 0 Å². The zero-order valence-electron chi connectivity index (χ0n) is 12.3. The highest BCUT2D eigenvalue weighted by Gasteiger charge is 2.33. The van der Waals surface area contributed by atoms with Gasteiger partial charge in [-0.05, 0) is 32.1 Å². The second kappa shape index (κ2) is 8.10. The van der Waals surface area contributed by atoms with Gasteiger partial charge in [-0.2, -0.15) is 0 Å². The van der Waals surface area contributed by atoms with Crippen LogP contribution >= 0.6 is 0 Å². The average molecular weight is 262 g/mol. The molecule has 0 rings (SSSR count). The summed E-state index contributed by atoms with van der Waals surface area (Å²) in [4.78, 5) is 0. The van der Waals surface area contributed by atoms with Crippen LogP contribution in [0.15, 0.2) is 0 Å². The van der Waals surface area contributed by atoms with E-state index in [0.717, 1.165) is 12.8 Å². The molecule has 18 heavy (non-hydrogen) atoms. The first-order valence-electron chi connectivity index (χ1n) is 7.10. The molecule has 1 unspecified atom stereocenters. The summed E-state index contributed by atoms with van der Waals surface area (Å²) in [7, 11) is 0. The van der Waals surface area contributed by atoms with Gasteiger partial charge in [0.05, 0.1) is 11.2 Å². The maximum Gasteiger partial charge on any atom is 0.158 e. The smallest absolute Gasteiger partial charge is 0.158 e. The number of aliphatic hydroxyl groups excluding tert-OH is 2. The first-order valence-corrected chi connectivity index (χ1v) is 7.10. The first kappa shape index (κ1) is 17.8. The maximum atomic E-state index is 10.2. The lowest BCUT2D eigenvalue weighted by Crippen LogP contribution is -2.41. The van der Waals surface area contributed by atoms with Crippen molar-refractivity contribution in [2.75, 3.05) is 6.61 Å². The fourth-order valence-corrected chi connectivity index (χ4v) is 2.23. The van der Waals surface area contributed by atoms with Crippen LogP contribution in [0.25, 0.3) is 0 Å². The number of hydrogen-bond donors (Lipinski definition) is 3. The third-order valence-electron chi connectivity index (χ3n) is 4.11. The van der Waals surface area contributed by atoms with Gasteiger partial charge >= 0.3 is 0 Å². The quantitative estimate of drug-likeness (QED) is 0.528. The summed E-state index contributed by atoms with van der Waals surface area (Å²) < 4.78 is 5.71. The Labute approximate surface area is 111 Å². The van der Waals surface area contributed by atoms with E-state index in [1.54, 1.807) is 0 Å². The monoisotopic (exact) mass is 262 g/mol. The minimum Gasteiger partial charge on any atom is -0.396 e. The van der Waals surface area contributed by atoms with Crippen molar-refractivity contribution in [3.05, 3.63) is 0 Å². The normalized spacial score (nSPS) is 14.8. The fourth-order valence-electron chi connectivity index (χ4n) is 2.23. The number of aliphatic hydroxyl groups is 3. The molecule has 0 bridgehead atoms. The van der Waals surface area contributed by atoms with Crippen molar-refractivity contribution in [3.63, 3.8) is 0 Å². The Morgan fingerprint density at radius 2 is 1.50 bits per heavy atom. The van der Waals surface area contributed by atoms with Crippen LogP contribution in [0.3, 0.4) is 0 Å². The third kappa shape index (κ3) is 5.22. The van der Waals surface area contributed by atoms with E-state index in [2.05, 4.69) is 0 Å². The molecule has 1 atom stereocenters. The van der Waals surface area contributed by atoms with Gasteiger partial charge in [0, 0.05) is 13.0 Å². The SMILES string of the molecule is CCC(O)(CC)CC(O)OC(CC)(CC)CCO. The number of ether oxygens (including phenoxy) is 1. The third-order valence-corrected chi connectivity index (χ3v) is 4.11. The van der Waals surface area contributed by atoms with Gasteiger partial charge in [-0.25, -0.2) is 0 Å². The van der Waals surface area contributed by atoms with Gasteiger partial charge in [-0.3, -0.25) is 0 Å². The molecule has 0 aromatic carbocycles. The van der Waals surface area contributed by atoms with Crippen molar-refractivity contribution in [1.29, 1.82) is 0 Å². The summed E-state index contributed by atoms with van der Waals surface area (Å²) >= 11 is 0. The zero-order valence-corrected chi connectivity index (χ0v) is 12.3. The summed E-state index contributed by atoms with van der Waals surface area (Å²) in [5, 5.41) is 29.3. The predicted octanol–water partition coefficient (Wildman–Crippen LogP) is 2.20. The number of hydrogen-bond acceptors (Lipinski definition) is 4. The molecule has 4 nitrogen and oxygen atoms in total. The molecule has 3 N–H and O–H groups in total. The van der Waals surface area contributed by atoms with E-state index in [1.807, 2.05) is 27.7 Å². The highest BCUT2D eigenvalue weighted by molar-refractivity contribution is 4.81. The van der Waals surface area contributed by atoms with E-state index < -0.39 is 17.5 Å². The van der Waals surface area contributed by atoms with Crippen LogP contribution in [0.2, 0.25) is 0 Å². The van der Waals surface area contributed by atoms with Crippen molar-refractivity contribution in [2.45, 2.75) is 83.7 Å². The summed E-state index contributed by atoms with van der Waals surface area (Å²) in [6.07, 6.45) is 2.39. The van der Waals surface area contributed by atoms with E-state index >= 15 is 0 Å². The topological polar surface area (TPSA) is 69.9 Å².